The third kappa shape index (κ3) is 3.96. The number of carbonyl (C=O) groups excluding carboxylic acids is 2. The first kappa shape index (κ1) is 17.6. The van der Waals surface area contributed by atoms with Crippen LogP contribution in [0.4, 0.5) is 0 Å². The Bertz CT molecular complexity index is 598. The Morgan fingerprint density at radius 3 is 2.52 bits per heavy atom. The molecule has 2 N–H and O–H groups in total. The summed E-state index contributed by atoms with van der Waals surface area (Å²) in [5.41, 5.74) is 5.85. The fourth-order valence-corrected chi connectivity index (χ4v) is 3.23. The van der Waals surface area contributed by atoms with E-state index in [1.54, 1.807) is 17.0 Å². The predicted octanol–water partition coefficient (Wildman–Crippen LogP) is 2.19. The van der Waals surface area contributed by atoms with Gasteiger partial charge >= 0.3 is 0 Å². The van der Waals surface area contributed by atoms with Gasteiger partial charge in [-0.15, -0.1) is 0 Å². The van der Waals surface area contributed by atoms with E-state index in [0.717, 1.165) is 0 Å². The number of hydrogen-bond acceptors (Lipinski definition) is 4. The van der Waals surface area contributed by atoms with Crippen molar-refractivity contribution in [1.29, 1.82) is 0 Å². The fourth-order valence-electron chi connectivity index (χ4n) is 2.68. The van der Waals surface area contributed by atoms with Crippen LogP contribution in [0.3, 0.4) is 0 Å². The number of piperidine rings is 1. The molecule has 0 aromatic heterocycles. The number of nitrogens with zero attached hydrogens (tertiary/aromatic N) is 1. The number of nitrogens with two attached hydrogens (primary N) is 1. The number of carbonyl (C=O) groups is 2. The first-order chi connectivity index (χ1) is 11.0. The fraction of sp³-hybridized carbons (Fsp3) is 0.500. The van der Waals surface area contributed by atoms with Crippen molar-refractivity contribution in [3.05, 3.63) is 22.2 Å². The highest BCUT2D eigenvalue weighted by atomic mass is 79.9. The second-order valence-corrected chi connectivity index (χ2v) is 6.25. The minimum atomic E-state index is -0.289. The molecule has 1 aliphatic rings. The molecule has 7 heteroatoms. The van der Waals surface area contributed by atoms with E-state index in [9.17, 15) is 9.59 Å². The number of ether oxygens (including phenoxy) is 2. The molecule has 0 atom stereocenters. The standard InChI is InChI=1S/C16H21BrN2O4/c1-3-23-14-12(17)8-11(9-13(14)22-2)16(21)19-6-4-10(5-7-19)15(18)20/h8-10H,3-7H2,1-2H3,(H2,18,20). The number of amides is 2. The molecule has 0 spiro atoms. The average Bonchev–Trinajstić information content (AvgIpc) is 2.56. The molecule has 1 saturated heterocycles. The van der Waals surface area contributed by atoms with Gasteiger partial charge in [-0.1, -0.05) is 0 Å². The molecule has 0 bridgehead atoms. The van der Waals surface area contributed by atoms with Crippen LogP contribution in [0.5, 0.6) is 11.5 Å². The lowest BCUT2D eigenvalue weighted by Gasteiger charge is -2.30. The van der Waals surface area contributed by atoms with Gasteiger partial charge in [-0.3, -0.25) is 9.59 Å². The number of halogens is 1. The smallest absolute Gasteiger partial charge is 0.254 e. The Labute approximate surface area is 144 Å². The molecular formula is C16H21BrN2O4. The normalized spacial score (nSPS) is 15.3. The highest BCUT2D eigenvalue weighted by Crippen LogP contribution is 2.37. The quantitative estimate of drug-likeness (QED) is 0.843. The van der Waals surface area contributed by atoms with E-state index in [-0.39, 0.29) is 17.7 Å². The van der Waals surface area contributed by atoms with E-state index >= 15 is 0 Å². The van der Waals surface area contributed by atoms with E-state index in [1.165, 1.54) is 7.11 Å². The molecule has 6 nitrogen and oxygen atoms in total. The predicted molar refractivity (Wildman–Crippen MR) is 89.7 cm³/mol. The van der Waals surface area contributed by atoms with Crippen LogP contribution >= 0.6 is 15.9 Å². The third-order valence-electron chi connectivity index (χ3n) is 3.95. The van der Waals surface area contributed by atoms with Crippen molar-refractivity contribution in [3.63, 3.8) is 0 Å². The van der Waals surface area contributed by atoms with Crippen molar-refractivity contribution in [2.24, 2.45) is 11.7 Å². The third-order valence-corrected chi connectivity index (χ3v) is 4.54. The van der Waals surface area contributed by atoms with Crippen LogP contribution in [0.2, 0.25) is 0 Å². The SMILES string of the molecule is CCOc1c(Br)cc(C(=O)N2CCC(C(N)=O)CC2)cc1OC. The molecule has 0 radical (unpaired) electrons. The molecule has 1 aromatic carbocycles. The van der Waals surface area contributed by atoms with Crippen molar-refractivity contribution in [2.45, 2.75) is 19.8 Å². The number of hydrogen-bond donors (Lipinski definition) is 1. The molecule has 0 saturated carbocycles. The van der Waals surface area contributed by atoms with Gasteiger partial charge in [-0.05, 0) is 47.8 Å². The van der Waals surface area contributed by atoms with Gasteiger partial charge in [-0.2, -0.15) is 0 Å². The van der Waals surface area contributed by atoms with E-state index in [4.69, 9.17) is 15.2 Å². The molecule has 0 aliphatic carbocycles. The first-order valence-corrected chi connectivity index (χ1v) is 8.36. The second kappa shape index (κ2) is 7.68. The zero-order chi connectivity index (χ0) is 17.0. The van der Waals surface area contributed by atoms with Gasteiger partial charge in [0.1, 0.15) is 0 Å². The van der Waals surface area contributed by atoms with Crippen molar-refractivity contribution in [3.8, 4) is 11.5 Å². The highest BCUT2D eigenvalue weighted by molar-refractivity contribution is 9.10. The largest absolute Gasteiger partial charge is 0.493 e. The zero-order valence-corrected chi connectivity index (χ0v) is 14.9. The summed E-state index contributed by atoms with van der Waals surface area (Å²) in [6, 6.07) is 3.41. The molecule has 1 aliphatic heterocycles. The van der Waals surface area contributed by atoms with Gasteiger partial charge in [0.05, 0.1) is 18.2 Å². The minimum Gasteiger partial charge on any atom is -0.493 e. The van der Waals surface area contributed by atoms with E-state index in [2.05, 4.69) is 15.9 Å². The maximum Gasteiger partial charge on any atom is 0.254 e. The van der Waals surface area contributed by atoms with Crippen molar-refractivity contribution in [1.82, 2.24) is 4.90 Å². The molecule has 0 unspecified atom stereocenters. The summed E-state index contributed by atoms with van der Waals surface area (Å²) in [6.07, 6.45) is 1.22. The average molecular weight is 385 g/mol. The summed E-state index contributed by atoms with van der Waals surface area (Å²) in [6.45, 7) is 3.44. The number of likely N-dealkylation sites (tertiary alicyclic amines) is 1. The number of methoxy groups -OCH3 is 1. The first-order valence-electron chi connectivity index (χ1n) is 7.56. The summed E-state index contributed by atoms with van der Waals surface area (Å²) in [4.78, 5) is 25.6. The summed E-state index contributed by atoms with van der Waals surface area (Å²) < 4.78 is 11.5. The molecule has 1 heterocycles. The van der Waals surface area contributed by atoms with Gasteiger partial charge in [0.15, 0.2) is 11.5 Å². The Hall–Kier alpha value is -1.76. The Morgan fingerprint density at radius 2 is 2.00 bits per heavy atom. The highest BCUT2D eigenvalue weighted by Gasteiger charge is 2.27. The Morgan fingerprint density at radius 1 is 1.35 bits per heavy atom. The van der Waals surface area contributed by atoms with Crippen LogP contribution in [0, 0.1) is 5.92 Å². The van der Waals surface area contributed by atoms with E-state index in [1.807, 2.05) is 6.92 Å². The molecule has 23 heavy (non-hydrogen) atoms. The summed E-state index contributed by atoms with van der Waals surface area (Å²) in [5.74, 6) is 0.578. The van der Waals surface area contributed by atoms with Crippen LogP contribution in [0.1, 0.15) is 30.1 Å². The van der Waals surface area contributed by atoms with Gasteiger partial charge in [0.2, 0.25) is 5.91 Å². The van der Waals surface area contributed by atoms with Gasteiger partial charge in [0.25, 0.3) is 5.91 Å². The van der Waals surface area contributed by atoms with Gasteiger partial charge in [-0.25, -0.2) is 0 Å². The van der Waals surface area contributed by atoms with Gasteiger partial charge in [0, 0.05) is 24.6 Å². The van der Waals surface area contributed by atoms with Crippen molar-refractivity contribution in [2.75, 3.05) is 26.8 Å². The van der Waals surface area contributed by atoms with Crippen LogP contribution in [0.15, 0.2) is 16.6 Å². The van der Waals surface area contributed by atoms with E-state index < -0.39 is 0 Å². The number of rotatable bonds is 5. The summed E-state index contributed by atoms with van der Waals surface area (Å²) in [7, 11) is 1.54. The van der Waals surface area contributed by atoms with Crippen LogP contribution in [0.25, 0.3) is 0 Å². The minimum absolute atomic E-state index is 0.0880. The zero-order valence-electron chi connectivity index (χ0n) is 13.3. The van der Waals surface area contributed by atoms with Crippen molar-refractivity contribution < 1.29 is 19.1 Å². The van der Waals surface area contributed by atoms with Crippen LogP contribution in [-0.2, 0) is 4.79 Å². The maximum atomic E-state index is 12.7. The number of primary amides is 1. The lowest BCUT2D eigenvalue weighted by molar-refractivity contribution is -0.123. The van der Waals surface area contributed by atoms with Crippen molar-refractivity contribution >= 4 is 27.7 Å². The Balaban J connectivity index is 2.17. The van der Waals surface area contributed by atoms with Crippen LogP contribution in [-0.4, -0.2) is 43.5 Å². The molecule has 1 aromatic rings. The monoisotopic (exact) mass is 384 g/mol. The molecule has 126 valence electrons. The van der Waals surface area contributed by atoms with Crippen LogP contribution < -0.4 is 15.2 Å². The number of benzene rings is 1. The molecule has 2 amide bonds. The topological polar surface area (TPSA) is 81.9 Å². The Kier molecular flexibility index (Phi) is 5.87. The second-order valence-electron chi connectivity index (χ2n) is 5.39. The summed E-state index contributed by atoms with van der Waals surface area (Å²) >= 11 is 3.42. The maximum absolute atomic E-state index is 12.7. The molecular weight excluding hydrogens is 364 g/mol. The van der Waals surface area contributed by atoms with Gasteiger partial charge < -0.3 is 20.1 Å². The molecule has 1 fully saturated rings. The molecule has 2 rings (SSSR count). The summed E-state index contributed by atoms with van der Waals surface area (Å²) in [5, 5.41) is 0. The lowest BCUT2D eigenvalue weighted by atomic mass is 9.96. The lowest BCUT2D eigenvalue weighted by Crippen LogP contribution is -2.41. The van der Waals surface area contributed by atoms with E-state index in [0.29, 0.717) is 54.1 Å².